The van der Waals surface area contributed by atoms with Crippen LogP contribution in [0.1, 0.15) is 76.9 Å². The van der Waals surface area contributed by atoms with Gasteiger partial charge in [-0.25, -0.2) is 17.6 Å². The second kappa shape index (κ2) is 7.28. The first-order valence-corrected chi connectivity index (χ1v) is 10.5. The summed E-state index contributed by atoms with van der Waals surface area (Å²) in [7, 11) is 0. The van der Waals surface area contributed by atoms with Gasteiger partial charge in [0.05, 0.1) is 18.2 Å². The SMILES string of the molecule is CC1=C(c2ccc([C@H]3CC[C@H](F)c4cc(F)cc(C#N)c43)c3c2[C@H](O)C(F)(F)C3)CN=C1. The second-order valence-corrected chi connectivity index (χ2v) is 8.73. The van der Waals surface area contributed by atoms with Gasteiger partial charge in [0.1, 0.15) is 18.1 Å². The van der Waals surface area contributed by atoms with Crippen molar-refractivity contribution in [3.63, 3.8) is 0 Å². The van der Waals surface area contributed by atoms with Crippen LogP contribution >= 0.6 is 0 Å². The number of hydrogen-bond donors (Lipinski definition) is 1. The fraction of sp³-hybridized carbons (Fsp3) is 0.360. The molecule has 0 bridgehead atoms. The van der Waals surface area contributed by atoms with Gasteiger partial charge in [-0.15, -0.1) is 0 Å². The summed E-state index contributed by atoms with van der Waals surface area (Å²) < 4.78 is 58.2. The van der Waals surface area contributed by atoms with Gasteiger partial charge in [-0.1, -0.05) is 12.1 Å². The van der Waals surface area contributed by atoms with Gasteiger partial charge in [0.2, 0.25) is 0 Å². The molecule has 3 aliphatic rings. The molecule has 3 nitrogen and oxygen atoms in total. The third-order valence-electron chi connectivity index (χ3n) is 6.88. The van der Waals surface area contributed by atoms with Crippen LogP contribution in [0.5, 0.6) is 0 Å². The molecule has 2 aromatic rings. The van der Waals surface area contributed by atoms with E-state index in [0.29, 0.717) is 35.2 Å². The molecule has 3 atom stereocenters. The van der Waals surface area contributed by atoms with Gasteiger partial charge in [0.15, 0.2) is 0 Å². The standard InChI is InChI=1S/C25H20F4N2O/c1-12-10-31-11-20(12)17-3-2-15(19-8-25(28,29)24(32)23(17)19)16-4-5-21(27)18-7-14(26)6-13(9-30)22(16)18/h2-3,6-7,10,16,21,24,32H,4-5,8,11H2,1H3/t16-,21+,24+/m1/s1. The topological polar surface area (TPSA) is 56.4 Å². The molecule has 164 valence electrons. The summed E-state index contributed by atoms with van der Waals surface area (Å²) >= 11 is 0. The zero-order chi connectivity index (χ0) is 22.8. The monoisotopic (exact) mass is 440 g/mol. The Morgan fingerprint density at radius 3 is 2.62 bits per heavy atom. The first-order chi connectivity index (χ1) is 15.2. The average Bonchev–Trinajstić information content (AvgIpc) is 3.28. The Hall–Kier alpha value is -2.98. The molecule has 2 aromatic carbocycles. The van der Waals surface area contributed by atoms with E-state index in [-0.39, 0.29) is 23.1 Å². The van der Waals surface area contributed by atoms with Gasteiger partial charge in [-0.2, -0.15) is 5.26 Å². The largest absolute Gasteiger partial charge is 0.382 e. The molecule has 1 N–H and O–H groups in total. The summed E-state index contributed by atoms with van der Waals surface area (Å²) in [4.78, 5) is 4.21. The Labute approximate surface area is 182 Å². The summed E-state index contributed by atoms with van der Waals surface area (Å²) in [6.45, 7) is 2.20. The number of aliphatic imine (C=N–C) groups is 1. The highest BCUT2D eigenvalue weighted by Gasteiger charge is 2.50. The number of nitriles is 1. The van der Waals surface area contributed by atoms with E-state index in [9.17, 15) is 27.9 Å². The number of aliphatic hydroxyl groups excluding tert-OH is 1. The van der Waals surface area contributed by atoms with E-state index in [0.717, 1.165) is 23.3 Å². The lowest BCUT2D eigenvalue weighted by Gasteiger charge is -2.31. The number of halogens is 4. The van der Waals surface area contributed by atoms with Crippen LogP contribution in [0.25, 0.3) is 5.57 Å². The molecule has 0 aromatic heterocycles. The van der Waals surface area contributed by atoms with E-state index in [1.54, 1.807) is 18.3 Å². The minimum absolute atomic E-state index is 0.0122. The third kappa shape index (κ3) is 3.01. The number of alkyl halides is 3. The van der Waals surface area contributed by atoms with E-state index < -0.39 is 36.4 Å². The number of allylic oxidation sites excluding steroid dienone is 1. The highest BCUT2D eigenvalue weighted by atomic mass is 19.3. The van der Waals surface area contributed by atoms with Gasteiger partial charge < -0.3 is 5.11 Å². The summed E-state index contributed by atoms with van der Waals surface area (Å²) in [5.41, 5.74) is 3.69. The number of fused-ring (bicyclic) bond motifs is 2. The van der Waals surface area contributed by atoms with Crippen LogP contribution in [0.15, 0.2) is 34.8 Å². The lowest BCUT2D eigenvalue weighted by atomic mass is 9.74. The van der Waals surface area contributed by atoms with Crippen molar-refractivity contribution in [1.29, 1.82) is 5.26 Å². The van der Waals surface area contributed by atoms with Gasteiger partial charge in [-0.05, 0) is 76.4 Å². The number of benzene rings is 2. The third-order valence-corrected chi connectivity index (χ3v) is 6.88. The van der Waals surface area contributed by atoms with E-state index >= 15 is 0 Å². The van der Waals surface area contributed by atoms with E-state index in [4.69, 9.17) is 0 Å². The normalized spacial score (nSPS) is 25.6. The number of nitrogens with zero attached hydrogens (tertiary/aromatic N) is 2. The average molecular weight is 440 g/mol. The van der Waals surface area contributed by atoms with Gasteiger partial charge in [0, 0.05) is 18.6 Å². The van der Waals surface area contributed by atoms with Crippen molar-refractivity contribution in [2.75, 3.05) is 6.54 Å². The fourth-order valence-electron chi connectivity index (χ4n) is 5.40. The van der Waals surface area contributed by atoms with Gasteiger partial charge in [-0.3, -0.25) is 4.99 Å². The second-order valence-electron chi connectivity index (χ2n) is 8.73. The highest BCUT2D eigenvalue weighted by molar-refractivity contribution is 5.96. The number of hydrogen-bond acceptors (Lipinski definition) is 3. The molecule has 0 saturated carbocycles. The number of aliphatic hydroxyl groups is 1. The molecule has 2 aliphatic carbocycles. The zero-order valence-corrected chi connectivity index (χ0v) is 17.3. The van der Waals surface area contributed by atoms with Crippen molar-refractivity contribution < 1.29 is 22.7 Å². The smallest absolute Gasteiger partial charge is 0.281 e. The predicted octanol–water partition coefficient (Wildman–Crippen LogP) is 5.72. The fourth-order valence-corrected chi connectivity index (χ4v) is 5.40. The van der Waals surface area contributed by atoms with Crippen molar-refractivity contribution in [2.45, 2.75) is 50.3 Å². The molecular weight excluding hydrogens is 420 g/mol. The van der Waals surface area contributed by atoms with Crippen molar-refractivity contribution in [1.82, 2.24) is 0 Å². The van der Waals surface area contributed by atoms with Crippen molar-refractivity contribution in [3.8, 4) is 6.07 Å². The van der Waals surface area contributed by atoms with Crippen molar-refractivity contribution >= 4 is 11.8 Å². The lowest BCUT2D eigenvalue weighted by molar-refractivity contribution is -0.0969. The minimum atomic E-state index is -3.35. The maximum atomic E-state index is 14.7. The maximum Gasteiger partial charge on any atom is 0.281 e. The predicted molar refractivity (Wildman–Crippen MR) is 112 cm³/mol. The molecule has 0 saturated heterocycles. The Bertz CT molecular complexity index is 1240. The van der Waals surface area contributed by atoms with Crippen LogP contribution in [-0.2, 0) is 6.42 Å². The Kier molecular flexibility index (Phi) is 4.75. The molecule has 0 radical (unpaired) electrons. The van der Waals surface area contributed by atoms with E-state index in [1.165, 1.54) is 0 Å². The summed E-state index contributed by atoms with van der Waals surface area (Å²) in [6.07, 6.45) is -1.96. The van der Waals surface area contributed by atoms with Gasteiger partial charge in [0.25, 0.3) is 5.92 Å². The zero-order valence-electron chi connectivity index (χ0n) is 17.3. The van der Waals surface area contributed by atoms with Crippen LogP contribution in [0.2, 0.25) is 0 Å². The first kappa shape index (κ1) is 20.9. The molecule has 0 spiro atoms. The van der Waals surface area contributed by atoms with Crippen LogP contribution < -0.4 is 0 Å². The Morgan fingerprint density at radius 2 is 1.94 bits per heavy atom. The summed E-state index contributed by atoms with van der Waals surface area (Å²) in [6, 6.07) is 7.54. The molecule has 7 heteroatoms. The molecule has 1 aliphatic heterocycles. The van der Waals surface area contributed by atoms with Crippen molar-refractivity contribution in [3.05, 3.63) is 74.6 Å². The molecule has 1 heterocycles. The maximum absolute atomic E-state index is 14.7. The molecular formula is C25H20F4N2O. The van der Waals surface area contributed by atoms with Crippen LogP contribution in [-0.4, -0.2) is 23.8 Å². The summed E-state index contributed by atoms with van der Waals surface area (Å²) in [5, 5.41) is 20.1. The van der Waals surface area contributed by atoms with E-state index in [2.05, 4.69) is 4.99 Å². The minimum Gasteiger partial charge on any atom is -0.382 e. The number of rotatable bonds is 2. The highest BCUT2D eigenvalue weighted by Crippen LogP contribution is 2.52. The molecule has 0 unspecified atom stereocenters. The molecule has 0 fully saturated rings. The van der Waals surface area contributed by atoms with Crippen LogP contribution in [0.4, 0.5) is 17.6 Å². The van der Waals surface area contributed by atoms with Crippen LogP contribution in [0.3, 0.4) is 0 Å². The first-order valence-electron chi connectivity index (χ1n) is 10.5. The lowest BCUT2D eigenvalue weighted by Crippen LogP contribution is -2.22. The van der Waals surface area contributed by atoms with E-state index in [1.807, 2.05) is 13.0 Å². The molecule has 32 heavy (non-hydrogen) atoms. The molecule has 0 amide bonds. The molecule has 5 rings (SSSR count). The van der Waals surface area contributed by atoms with Crippen molar-refractivity contribution in [2.24, 2.45) is 4.99 Å². The quantitative estimate of drug-likeness (QED) is 0.608. The Balaban J connectivity index is 1.74. The van der Waals surface area contributed by atoms with Gasteiger partial charge >= 0.3 is 0 Å². The van der Waals surface area contributed by atoms with Crippen LogP contribution in [0, 0.1) is 17.1 Å². The summed E-state index contributed by atoms with van der Waals surface area (Å²) in [5.74, 6) is -4.58. The Morgan fingerprint density at radius 1 is 1.16 bits per heavy atom.